The molecule has 11 nitrogen and oxygen atoms in total. The third kappa shape index (κ3) is 3.64. The third-order valence-corrected chi connectivity index (χ3v) is 7.57. The highest BCUT2D eigenvalue weighted by Gasteiger charge is 2.47. The van der Waals surface area contributed by atoms with Gasteiger partial charge in [-0.25, -0.2) is 10.0 Å². The number of fused-ring (bicyclic) bond motifs is 3. The summed E-state index contributed by atoms with van der Waals surface area (Å²) >= 11 is 0. The second kappa shape index (κ2) is 9.35. The van der Waals surface area contributed by atoms with Crippen LogP contribution in [0.25, 0.3) is 11.1 Å². The molecule has 11 heteroatoms. The van der Waals surface area contributed by atoms with Crippen LogP contribution in [0.5, 0.6) is 28.7 Å². The van der Waals surface area contributed by atoms with Gasteiger partial charge in [0, 0.05) is 35.4 Å². The maximum atomic E-state index is 13.2. The van der Waals surface area contributed by atoms with Crippen LogP contribution in [-0.2, 0) is 11.2 Å². The van der Waals surface area contributed by atoms with E-state index in [1.807, 2.05) is 19.2 Å². The third-order valence-electron chi connectivity index (χ3n) is 7.57. The Balaban J connectivity index is 1.60. The predicted molar refractivity (Wildman–Crippen MR) is 136 cm³/mol. The van der Waals surface area contributed by atoms with Crippen LogP contribution in [-0.4, -0.2) is 62.7 Å². The van der Waals surface area contributed by atoms with Crippen molar-refractivity contribution in [2.75, 3.05) is 41.7 Å². The van der Waals surface area contributed by atoms with E-state index in [9.17, 15) is 14.9 Å². The van der Waals surface area contributed by atoms with Gasteiger partial charge in [0.2, 0.25) is 12.5 Å². The van der Waals surface area contributed by atoms with Gasteiger partial charge in [-0.05, 0) is 30.7 Å². The number of hydrogen-bond donors (Lipinski definition) is 1. The molecule has 39 heavy (non-hydrogen) atoms. The van der Waals surface area contributed by atoms with Crippen molar-refractivity contribution in [3.63, 3.8) is 0 Å². The lowest BCUT2D eigenvalue weighted by molar-refractivity contribution is -0.729. The summed E-state index contributed by atoms with van der Waals surface area (Å²) in [7, 11) is 6.53. The first-order valence-electron chi connectivity index (χ1n) is 12.3. The molecular formula is C28H27N2O9+. The lowest BCUT2D eigenvalue weighted by Crippen LogP contribution is -2.36. The summed E-state index contributed by atoms with van der Waals surface area (Å²) in [6.07, 6.45) is -0.0615. The smallest absolute Gasteiger partial charge is 0.343 e. The summed E-state index contributed by atoms with van der Waals surface area (Å²) in [6.45, 7) is 0.630. The number of methoxy groups -OCH3 is 3. The molecule has 0 aromatic heterocycles. The van der Waals surface area contributed by atoms with E-state index >= 15 is 0 Å². The van der Waals surface area contributed by atoms with Crippen LogP contribution >= 0.6 is 0 Å². The predicted octanol–water partition coefficient (Wildman–Crippen LogP) is 4.35. The molecule has 0 spiro atoms. The number of benzene rings is 3. The minimum atomic E-state index is -0.681. The van der Waals surface area contributed by atoms with Crippen molar-refractivity contribution >= 4 is 11.7 Å². The highest BCUT2D eigenvalue weighted by Crippen LogP contribution is 2.59. The van der Waals surface area contributed by atoms with Crippen molar-refractivity contribution in [2.45, 2.75) is 18.6 Å². The number of likely N-dealkylation sites (N-methyl/N-ethyl adjacent to an activating group) is 1. The molecule has 0 bridgehead atoms. The lowest BCUT2D eigenvalue weighted by atomic mass is 9.81. The molecule has 2 unspecified atom stereocenters. The van der Waals surface area contributed by atoms with E-state index in [2.05, 4.69) is 4.90 Å². The van der Waals surface area contributed by atoms with Gasteiger partial charge < -0.3 is 28.4 Å². The Labute approximate surface area is 223 Å². The highest BCUT2D eigenvalue weighted by atomic mass is 16.7. The Kier molecular flexibility index (Phi) is 5.95. The molecule has 0 aliphatic carbocycles. The van der Waals surface area contributed by atoms with E-state index in [4.69, 9.17) is 28.4 Å². The molecule has 0 fully saturated rings. The van der Waals surface area contributed by atoms with Gasteiger partial charge >= 0.3 is 11.7 Å². The molecule has 0 saturated heterocycles. The standard InChI is InChI=1S/C28H27N2O9/c1-29-11-10-16-19(14-6-5-7-15(12-14)30(32)33)26-27(38-13-37-26)25(36-4)20(16)22(29)23-17-8-9-18(34-2)24(35-3)21(17)28(31)39-23/h5-9,12,22-23H,10-11,13H2,1-4H3,(H,32,33)/q+1. The molecule has 3 aliphatic heterocycles. The van der Waals surface area contributed by atoms with Gasteiger partial charge in [-0.2, -0.15) is 0 Å². The number of ether oxygens (including phenoxy) is 6. The minimum absolute atomic E-state index is 0.00624. The zero-order chi connectivity index (χ0) is 27.4. The molecule has 0 radical (unpaired) electrons. The monoisotopic (exact) mass is 535 g/mol. The molecule has 3 aromatic rings. The second-order valence-electron chi connectivity index (χ2n) is 9.46. The fourth-order valence-corrected chi connectivity index (χ4v) is 5.92. The first kappa shape index (κ1) is 24.8. The number of hydrogen-bond acceptors (Lipinski definition) is 9. The van der Waals surface area contributed by atoms with Gasteiger partial charge in [0.1, 0.15) is 11.7 Å². The number of rotatable bonds is 6. The number of carbonyl (C=O) groups is 1. The number of nitrogens with zero attached hydrogens (tertiary/aromatic N) is 2. The van der Waals surface area contributed by atoms with Crippen molar-refractivity contribution in [2.24, 2.45) is 0 Å². The maximum Gasteiger partial charge on any atom is 0.343 e. The van der Waals surface area contributed by atoms with Crippen LogP contribution in [0.2, 0.25) is 0 Å². The van der Waals surface area contributed by atoms with Gasteiger partial charge in [-0.15, -0.1) is 0 Å². The van der Waals surface area contributed by atoms with E-state index in [1.54, 1.807) is 25.3 Å². The second-order valence-corrected chi connectivity index (χ2v) is 9.46. The van der Waals surface area contributed by atoms with E-state index in [0.717, 1.165) is 16.7 Å². The van der Waals surface area contributed by atoms with Crippen LogP contribution in [0.1, 0.15) is 39.2 Å². The van der Waals surface area contributed by atoms with Gasteiger partial charge in [0.15, 0.2) is 23.0 Å². The first-order valence-corrected chi connectivity index (χ1v) is 12.3. The summed E-state index contributed by atoms with van der Waals surface area (Å²) < 4.78 is 34.7. The molecule has 202 valence electrons. The SMILES string of the molecule is COc1ccc2c(c1OC)C(=O)OC2C1c2c(c(-c3cccc([N+](=O)O)c3)c3c(c2OC)OCO3)CCN1C. The van der Waals surface area contributed by atoms with Gasteiger partial charge in [-0.1, -0.05) is 18.2 Å². The maximum absolute atomic E-state index is 13.2. The summed E-state index contributed by atoms with van der Waals surface area (Å²) in [5, 5.41) is 9.55. The fourth-order valence-electron chi connectivity index (χ4n) is 5.92. The zero-order valence-electron chi connectivity index (χ0n) is 21.8. The topological polar surface area (TPSA) is 116 Å². The van der Waals surface area contributed by atoms with Crippen molar-refractivity contribution in [3.05, 3.63) is 63.6 Å². The van der Waals surface area contributed by atoms with E-state index in [1.165, 1.54) is 20.3 Å². The molecule has 0 amide bonds. The van der Waals surface area contributed by atoms with Crippen LogP contribution < -0.4 is 23.7 Å². The molecule has 3 aromatic carbocycles. The fraction of sp³-hybridized carbons (Fsp3) is 0.321. The number of cyclic esters (lactones) is 1. The largest absolute Gasteiger partial charge is 0.493 e. The molecule has 3 heterocycles. The summed E-state index contributed by atoms with van der Waals surface area (Å²) in [5.74, 6) is 1.67. The van der Waals surface area contributed by atoms with E-state index in [-0.39, 0.29) is 17.4 Å². The van der Waals surface area contributed by atoms with Gasteiger partial charge in [0.25, 0.3) is 4.92 Å². The lowest BCUT2D eigenvalue weighted by Gasteiger charge is -2.39. The Hall–Kier alpha value is -4.51. The Morgan fingerprint density at radius 1 is 1.00 bits per heavy atom. The van der Waals surface area contributed by atoms with Crippen LogP contribution in [0, 0.1) is 4.91 Å². The number of esters is 1. The Bertz CT molecular complexity index is 1520. The normalized spacial score (nSPS) is 19.2. The quantitative estimate of drug-likeness (QED) is 0.361. The van der Waals surface area contributed by atoms with E-state index < -0.39 is 18.1 Å². The Morgan fingerprint density at radius 2 is 1.77 bits per heavy atom. The van der Waals surface area contributed by atoms with Crippen LogP contribution in [0.4, 0.5) is 5.69 Å². The molecule has 3 aliphatic rings. The molecule has 0 saturated carbocycles. The van der Waals surface area contributed by atoms with Crippen molar-refractivity contribution in [1.29, 1.82) is 0 Å². The average Bonchev–Trinajstić information content (AvgIpc) is 3.55. The van der Waals surface area contributed by atoms with Gasteiger partial charge in [0.05, 0.1) is 32.3 Å². The van der Waals surface area contributed by atoms with Crippen molar-refractivity contribution in [3.8, 4) is 39.9 Å². The first-order chi connectivity index (χ1) is 18.9. The Morgan fingerprint density at radius 3 is 2.49 bits per heavy atom. The van der Waals surface area contributed by atoms with Gasteiger partial charge in [-0.3, -0.25) is 4.90 Å². The number of carbonyl (C=O) groups excluding carboxylic acids is 1. The molecule has 2 atom stereocenters. The molecular weight excluding hydrogens is 508 g/mol. The van der Waals surface area contributed by atoms with Crippen molar-refractivity contribution < 1.29 is 43.3 Å². The van der Waals surface area contributed by atoms with Crippen molar-refractivity contribution in [1.82, 2.24) is 4.90 Å². The van der Waals surface area contributed by atoms with Crippen LogP contribution in [0.15, 0.2) is 36.4 Å². The molecule has 1 N–H and O–H groups in total. The molecule has 6 rings (SSSR count). The highest BCUT2D eigenvalue weighted by molar-refractivity contribution is 5.98. The van der Waals surface area contributed by atoms with E-state index in [0.29, 0.717) is 58.4 Å². The summed E-state index contributed by atoms with van der Waals surface area (Å²) in [6, 6.07) is 9.76. The average molecular weight is 536 g/mol. The summed E-state index contributed by atoms with van der Waals surface area (Å²) in [4.78, 5) is 26.8. The minimum Gasteiger partial charge on any atom is -0.493 e. The summed E-state index contributed by atoms with van der Waals surface area (Å²) in [5.41, 5.74) is 4.19. The zero-order valence-corrected chi connectivity index (χ0v) is 21.8. The van der Waals surface area contributed by atoms with Crippen LogP contribution in [0.3, 0.4) is 0 Å².